The Morgan fingerprint density at radius 3 is 2.82 bits per heavy atom. The largest absolute Gasteiger partial charge is 0.493 e. The number of allylic oxidation sites excluding steroid dienone is 1. The minimum Gasteiger partial charge on any atom is -0.493 e. The molecule has 0 bridgehead atoms. The van der Waals surface area contributed by atoms with Crippen LogP contribution in [0, 0.1) is 0 Å². The summed E-state index contributed by atoms with van der Waals surface area (Å²) in [7, 11) is 1.64. The van der Waals surface area contributed by atoms with Gasteiger partial charge in [0.15, 0.2) is 11.5 Å². The molecule has 2 heterocycles. The van der Waals surface area contributed by atoms with Gasteiger partial charge in [0.25, 0.3) is 5.91 Å². The molecule has 1 N–H and O–H groups in total. The molecule has 34 heavy (non-hydrogen) atoms. The molecule has 0 aliphatic rings. The molecule has 174 valence electrons. The van der Waals surface area contributed by atoms with Gasteiger partial charge >= 0.3 is 0 Å². The van der Waals surface area contributed by atoms with E-state index in [1.165, 1.54) is 0 Å². The van der Waals surface area contributed by atoms with Gasteiger partial charge in [0.05, 0.1) is 36.9 Å². The Bertz CT molecular complexity index is 1270. The number of para-hydroxylation sites is 2. The van der Waals surface area contributed by atoms with E-state index in [9.17, 15) is 4.79 Å². The molecule has 0 saturated carbocycles. The van der Waals surface area contributed by atoms with Crippen LogP contribution in [-0.2, 0) is 19.5 Å². The van der Waals surface area contributed by atoms with Crippen molar-refractivity contribution in [2.24, 2.45) is 0 Å². The van der Waals surface area contributed by atoms with Gasteiger partial charge in [-0.1, -0.05) is 24.3 Å². The lowest BCUT2D eigenvalue weighted by Crippen LogP contribution is -2.25. The van der Waals surface area contributed by atoms with Crippen LogP contribution in [0.5, 0.6) is 11.5 Å². The highest BCUT2D eigenvalue weighted by molar-refractivity contribution is 5.93. The first-order valence-corrected chi connectivity index (χ1v) is 11.2. The number of amides is 1. The summed E-state index contributed by atoms with van der Waals surface area (Å²) >= 11 is 0. The number of ether oxygens (including phenoxy) is 2. The van der Waals surface area contributed by atoms with E-state index in [-0.39, 0.29) is 5.91 Å². The maximum atomic E-state index is 12.5. The molecule has 0 atom stereocenters. The first-order valence-electron chi connectivity index (χ1n) is 11.2. The van der Waals surface area contributed by atoms with E-state index >= 15 is 0 Å². The number of hydrogen-bond acceptors (Lipinski definition) is 5. The van der Waals surface area contributed by atoms with Crippen LogP contribution in [0.1, 0.15) is 28.2 Å². The van der Waals surface area contributed by atoms with Gasteiger partial charge < -0.3 is 19.4 Å². The Balaban J connectivity index is 1.41. The van der Waals surface area contributed by atoms with Gasteiger partial charge in [0, 0.05) is 18.9 Å². The van der Waals surface area contributed by atoms with Gasteiger partial charge in [-0.05, 0) is 54.8 Å². The highest BCUT2D eigenvalue weighted by atomic mass is 16.5. The molecule has 0 spiro atoms. The number of aryl methyl sites for hydroxylation is 1. The van der Waals surface area contributed by atoms with Crippen molar-refractivity contribution in [1.82, 2.24) is 19.9 Å². The third kappa shape index (κ3) is 5.43. The van der Waals surface area contributed by atoms with Crippen molar-refractivity contribution in [1.29, 1.82) is 0 Å². The number of fused-ring (bicyclic) bond motifs is 1. The number of carbonyl (C=O) groups is 1. The Morgan fingerprint density at radius 1 is 1.15 bits per heavy atom. The van der Waals surface area contributed by atoms with Gasteiger partial charge in [-0.2, -0.15) is 0 Å². The highest BCUT2D eigenvalue weighted by Crippen LogP contribution is 2.28. The number of nitrogens with one attached hydrogen (secondary N) is 1. The molecule has 7 nitrogen and oxygen atoms in total. The summed E-state index contributed by atoms with van der Waals surface area (Å²) in [6, 6.07) is 17.4. The first kappa shape index (κ1) is 23.0. The fraction of sp³-hybridized carbons (Fsp3) is 0.222. The third-order valence-corrected chi connectivity index (χ3v) is 5.46. The quantitative estimate of drug-likeness (QED) is 0.264. The number of methoxy groups -OCH3 is 1. The van der Waals surface area contributed by atoms with Gasteiger partial charge in [-0.15, -0.1) is 6.58 Å². The van der Waals surface area contributed by atoms with Gasteiger partial charge in [0.2, 0.25) is 0 Å². The van der Waals surface area contributed by atoms with Crippen molar-refractivity contribution in [2.75, 3.05) is 13.7 Å². The molecule has 0 unspecified atom stereocenters. The predicted octanol–water partition coefficient (Wildman–Crippen LogP) is 4.57. The second kappa shape index (κ2) is 11.1. The summed E-state index contributed by atoms with van der Waals surface area (Å²) in [5.74, 6) is 2.05. The first-order chi connectivity index (χ1) is 16.7. The minimum absolute atomic E-state index is 0.179. The number of imidazole rings is 1. The number of pyridine rings is 1. The van der Waals surface area contributed by atoms with Crippen LogP contribution in [0.2, 0.25) is 0 Å². The monoisotopic (exact) mass is 456 g/mol. The number of hydrogen-bond donors (Lipinski definition) is 1. The maximum Gasteiger partial charge on any atom is 0.253 e. The van der Waals surface area contributed by atoms with E-state index in [1.54, 1.807) is 31.6 Å². The van der Waals surface area contributed by atoms with E-state index in [0.717, 1.165) is 41.0 Å². The third-order valence-electron chi connectivity index (χ3n) is 5.46. The summed E-state index contributed by atoms with van der Waals surface area (Å²) in [4.78, 5) is 21.2. The molecule has 4 rings (SSSR count). The van der Waals surface area contributed by atoms with Crippen molar-refractivity contribution >= 4 is 16.9 Å². The van der Waals surface area contributed by atoms with E-state index in [0.29, 0.717) is 31.0 Å². The van der Waals surface area contributed by atoms with Gasteiger partial charge in [-0.3, -0.25) is 9.78 Å². The van der Waals surface area contributed by atoms with Crippen LogP contribution < -0.4 is 14.8 Å². The molecule has 7 heteroatoms. The Hall–Kier alpha value is -4.13. The Kier molecular flexibility index (Phi) is 7.55. The van der Waals surface area contributed by atoms with Crippen molar-refractivity contribution in [2.45, 2.75) is 25.9 Å². The zero-order valence-corrected chi connectivity index (χ0v) is 19.2. The molecule has 0 aliphatic heterocycles. The molecule has 2 aromatic carbocycles. The van der Waals surface area contributed by atoms with Crippen LogP contribution in [0.25, 0.3) is 11.0 Å². The molecule has 2 aromatic heterocycles. The van der Waals surface area contributed by atoms with Gasteiger partial charge in [-0.25, -0.2) is 4.98 Å². The summed E-state index contributed by atoms with van der Waals surface area (Å²) < 4.78 is 13.6. The summed E-state index contributed by atoms with van der Waals surface area (Å²) in [5, 5.41) is 2.95. The lowest BCUT2D eigenvalue weighted by atomic mass is 10.1. The van der Waals surface area contributed by atoms with E-state index in [2.05, 4.69) is 21.4 Å². The molecule has 0 radical (unpaired) electrons. The number of benzene rings is 2. The van der Waals surface area contributed by atoms with Crippen LogP contribution in [0.3, 0.4) is 0 Å². The highest BCUT2D eigenvalue weighted by Gasteiger charge is 2.13. The molecular weight excluding hydrogens is 428 g/mol. The van der Waals surface area contributed by atoms with Crippen molar-refractivity contribution in [3.8, 4) is 11.5 Å². The smallest absolute Gasteiger partial charge is 0.253 e. The summed E-state index contributed by atoms with van der Waals surface area (Å²) in [5.41, 5.74) is 3.57. The molecule has 1 amide bonds. The zero-order chi connectivity index (χ0) is 23.8. The minimum atomic E-state index is -0.179. The Labute approximate surface area is 199 Å². The Morgan fingerprint density at radius 2 is 2.03 bits per heavy atom. The van der Waals surface area contributed by atoms with Crippen molar-refractivity contribution in [3.63, 3.8) is 0 Å². The number of nitrogens with zero attached hydrogens (tertiary/aromatic N) is 3. The maximum absolute atomic E-state index is 12.5. The van der Waals surface area contributed by atoms with Crippen LogP contribution in [-0.4, -0.2) is 34.2 Å². The molecule has 0 saturated heterocycles. The molecule has 4 aromatic rings. The standard InChI is InChI=1S/C27H28N4O3/c1-3-8-20-12-13-24(25(17-20)33-2)34-16-7-15-31-23-11-5-4-10-22(23)30-26(31)19-29-27(32)21-9-6-14-28-18-21/h3-6,9-14,17-18H,1,7-8,15-16,19H2,2H3,(H,29,32). The normalized spacial score (nSPS) is 10.7. The fourth-order valence-electron chi connectivity index (χ4n) is 3.80. The lowest BCUT2D eigenvalue weighted by Gasteiger charge is -2.13. The second-order valence-electron chi connectivity index (χ2n) is 7.77. The predicted molar refractivity (Wildman–Crippen MR) is 132 cm³/mol. The van der Waals surface area contributed by atoms with Crippen LogP contribution >= 0.6 is 0 Å². The summed E-state index contributed by atoms with van der Waals surface area (Å²) in [6.45, 7) is 5.32. The SMILES string of the molecule is C=CCc1ccc(OCCCn2c(CNC(=O)c3cccnc3)nc3ccccc32)c(OC)c1. The number of rotatable bonds is 11. The molecule has 0 fully saturated rings. The average molecular weight is 457 g/mol. The van der Waals surface area contributed by atoms with E-state index in [4.69, 9.17) is 14.5 Å². The lowest BCUT2D eigenvalue weighted by molar-refractivity contribution is 0.0949. The number of carbonyl (C=O) groups excluding carboxylic acids is 1. The second-order valence-corrected chi connectivity index (χ2v) is 7.77. The molecule has 0 aliphatic carbocycles. The van der Waals surface area contributed by atoms with E-state index in [1.807, 2.05) is 48.5 Å². The summed E-state index contributed by atoms with van der Waals surface area (Å²) in [6.07, 6.45) is 6.60. The van der Waals surface area contributed by atoms with Crippen LogP contribution in [0.4, 0.5) is 0 Å². The molecular formula is C27H28N4O3. The topological polar surface area (TPSA) is 78.3 Å². The van der Waals surface area contributed by atoms with Crippen molar-refractivity contribution in [3.05, 3.63) is 96.6 Å². The fourth-order valence-corrected chi connectivity index (χ4v) is 3.80. The van der Waals surface area contributed by atoms with Gasteiger partial charge in [0.1, 0.15) is 5.82 Å². The average Bonchev–Trinajstić information content (AvgIpc) is 3.23. The van der Waals surface area contributed by atoms with Crippen LogP contribution in [0.15, 0.2) is 79.6 Å². The van der Waals surface area contributed by atoms with E-state index < -0.39 is 0 Å². The zero-order valence-electron chi connectivity index (χ0n) is 19.2. The number of aromatic nitrogens is 3. The van der Waals surface area contributed by atoms with Crippen molar-refractivity contribution < 1.29 is 14.3 Å².